The molecule has 2 rings (SSSR count). The van der Waals surface area contributed by atoms with Gasteiger partial charge in [0.15, 0.2) is 0 Å². The molecule has 0 aromatic heterocycles. The van der Waals surface area contributed by atoms with Gasteiger partial charge in [0.05, 0.1) is 11.3 Å². The van der Waals surface area contributed by atoms with Crippen LogP contribution in [-0.2, 0) is 0 Å². The summed E-state index contributed by atoms with van der Waals surface area (Å²) in [6.07, 6.45) is 0. The molecule has 5 heteroatoms. The monoisotopic (exact) mass is 270 g/mol. The van der Waals surface area contributed by atoms with Crippen molar-refractivity contribution in [3.05, 3.63) is 59.7 Å². The lowest BCUT2D eigenvalue weighted by Crippen LogP contribution is -2.21. The van der Waals surface area contributed by atoms with Crippen LogP contribution in [0.3, 0.4) is 0 Å². The number of anilines is 2. The van der Waals surface area contributed by atoms with Crippen LogP contribution in [0.15, 0.2) is 48.5 Å². The highest BCUT2D eigenvalue weighted by molar-refractivity contribution is 6.04. The summed E-state index contributed by atoms with van der Waals surface area (Å²) in [4.78, 5) is 22.9. The lowest BCUT2D eigenvalue weighted by atomic mass is 10.2. The zero-order chi connectivity index (χ0) is 14.5. The average molecular weight is 270 g/mol. The Kier molecular flexibility index (Phi) is 4.00. The topological polar surface area (TPSA) is 78.4 Å². The lowest BCUT2D eigenvalue weighted by Gasteiger charge is -2.11. The molecule has 2 aromatic carbocycles. The van der Waals surface area contributed by atoms with Gasteiger partial charge in [0.2, 0.25) is 0 Å². The number of amides is 2. The fraction of sp³-hybridized carbons (Fsp3) is 0.0667. The number of carbonyl (C=O) groups is 2. The van der Waals surface area contributed by atoms with Gasteiger partial charge in [0.1, 0.15) is 0 Å². The predicted octanol–water partition coefficient (Wildman–Crippen LogP) is 3.34. The van der Waals surface area contributed by atoms with Crippen LogP contribution in [0.4, 0.5) is 16.2 Å². The van der Waals surface area contributed by atoms with E-state index in [1.54, 1.807) is 24.3 Å². The van der Waals surface area contributed by atoms with Gasteiger partial charge >= 0.3 is 12.0 Å². The minimum Gasteiger partial charge on any atom is -0.478 e. The molecule has 2 aromatic rings. The van der Waals surface area contributed by atoms with E-state index < -0.39 is 12.0 Å². The largest absolute Gasteiger partial charge is 0.478 e. The number of nitrogens with one attached hydrogen (secondary N) is 2. The third-order valence-corrected chi connectivity index (χ3v) is 2.80. The normalized spacial score (nSPS) is 9.85. The number of hydrogen-bond donors (Lipinski definition) is 3. The van der Waals surface area contributed by atoms with Crippen molar-refractivity contribution < 1.29 is 14.7 Å². The molecule has 0 atom stereocenters. The van der Waals surface area contributed by atoms with Gasteiger partial charge in [0, 0.05) is 5.69 Å². The summed E-state index contributed by atoms with van der Waals surface area (Å²) < 4.78 is 0. The van der Waals surface area contributed by atoms with Crippen LogP contribution in [-0.4, -0.2) is 17.1 Å². The molecule has 0 unspecified atom stereocenters. The number of hydrogen-bond acceptors (Lipinski definition) is 2. The van der Waals surface area contributed by atoms with Gasteiger partial charge < -0.3 is 15.7 Å². The SMILES string of the molecule is Cc1ccccc1NC(=O)Nc1ccccc1C(=O)O. The van der Waals surface area contributed by atoms with Crippen LogP contribution < -0.4 is 10.6 Å². The Morgan fingerprint density at radius 1 is 0.900 bits per heavy atom. The number of urea groups is 1. The molecule has 2 amide bonds. The van der Waals surface area contributed by atoms with Crippen LogP contribution in [0, 0.1) is 6.92 Å². The Labute approximate surface area is 116 Å². The molecular formula is C15H14N2O3. The first-order valence-corrected chi connectivity index (χ1v) is 6.04. The van der Waals surface area contributed by atoms with E-state index in [9.17, 15) is 9.59 Å². The summed E-state index contributed by atoms with van der Waals surface area (Å²) in [6.45, 7) is 1.88. The molecule has 20 heavy (non-hydrogen) atoms. The average Bonchev–Trinajstić information content (AvgIpc) is 2.41. The number of benzene rings is 2. The zero-order valence-corrected chi connectivity index (χ0v) is 10.9. The molecule has 5 nitrogen and oxygen atoms in total. The van der Waals surface area contributed by atoms with Crippen LogP contribution >= 0.6 is 0 Å². The van der Waals surface area contributed by atoms with E-state index in [-0.39, 0.29) is 11.3 Å². The lowest BCUT2D eigenvalue weighted by molar-refractivity contribution is 0.0698. The number of carboxylic acid groups (broad SMARTS) is 1. The first kappa shape index (κ1) is 13.6. The molecule has 0 aliphatic rings. The summed E-state index contributed by atoms with van der Waals surface area (Å²) in [5.41, 5.74) is 1.91. The van der Waals surface area contributed by atoms with Gasteiger partial charge in [-0.25, -0.2) is 9.59 Å². The van der Waals surface area contributed by atoms with Crippen LogP contribution in [0.25, 0.3) is 0 Å². The van der Waals surface area contributed by atoms with Gasteiger partial charge in [-0.15, -0.1) is 0 Å². The Bertz CT molecular complexity index is 653. The molecular weight excluding hydrogens is 256 g/mol. The van der Waals surface area contributed by atoms with Gasteiger partial charge in [-0.1, -0.05) is 30.3 Å². The van der Waals surface area contributed by atoms with Crippen molar-refractivity contribution in [1.29, 1.82) is 0 Å². The van der Waals surface area contributed by atoms with Crippen LogP contribution in [0.2, 0.25) is 0 Å². The summed E-state index contributed by atoms with van der Waals surface area (Å²) >= 11 is 0. The molecule has 0 saturated carbocycles. The molecule has 0 aliphatic heterocycles. The summed E-state index contributed by atoms with van der Waals surface area (Å²) in [7, 11) is 0. The molecule has 3 N–H and O–H groups in total. The molecule has 0 heterocycles. The van der Waals surface area contributed by atoms with Gasteiger partial charge in [0.25, 0.3) is 0 Å². The highest BCUT2D eigenvalue weighted by Crippen LogP contribution is 2.17. The van der Waals surface area contributed by atoms with E-state index >= 15 is 0 Å². The van der Waals surface area contributed by atoms with Crippen molar-refractivity contribution in [2.24, 2.45) is 0 Å². The molecule has 0 saturated heterocycles. The van der Waals surface area contributed by atoms with Gasteiger partial charge in [-0.3, -0.25) is 0 Å². The van der Waals surface area contributed by atoms with E-state index in [0.717, 1.165) is 5.56 Å². The third-order valence-electron chi connectivity index (χ3n) is 2.80. The highest BCUT2D eigenvalue weighted by Gasteiger charge is 2.11. The first-order valence-electron chi connectivity index (χ1n) is 6.04. The van der Waals surface area contributed by atoms with Crippen molar-refractivity contribution in [3.8, 4) is 0 Å². The van der Waals surface area contributed by atoms with Crippen molar-refractivity contribution in [2.75, 3.05) is 10.6 Å². The molecule has 0 aliphatic carbocycles. The zero-order valence-electron chi connectivity index (χ0n) is 10.9. The molecule has 0 fully saturated rings. The molecule has 102 valence electrons. The summed E-state index contributed by atoms with van der Waals surface area (Å²) in [5.74, 6) is -1.09. The number of para-hydroxylation sites is 2. The Balaban J connectivity index is 2.13. The molecule has 0 spiro atoms. The van der Waals surface area contributed by atoms with E-state index in [4.69, 9.17) is 5.11 Å². The van der Waals surface area contributed by atoms with E-state index in [1.165, 1.54) is 6.07 Å². The van der Waals surface area contributed by atoms with E-state index in [0.29, 0.717) is 5.69 Å². The number of rotatable bonds is 3. The third kappa shape index (κ3) is 3.14. The smallest absolute Gasteiger partial charge is 0.337 e. The Morgan fingerprint density at radius 2 is 1.45 bits per heavy atom. The predicted molar refractivity (Wildman–Crippen MR) is 77.2 cm³/mol. The Hall–Kier alpha value is -2.82. The number of carboxylic acids is 1. The van der Waals surface area contributed by atoms with Crippen molar-refractivity contribution in [1.82, 2.24) is 0 Å². The van der Waals surface area contributed by atoms with Gasteiger partial charge in [-0.2, -0.15) is 0 Å². The molecule has 0 radical (unpaired) electrons. The molecule has 0 bridgehead atoms. The minimum atomic E-state index is -1.09. The number of carbonyl (C=O) groups excluding carboxylic acids is 1. The van der Waals surface area contributed by atoms with Gasteiger partial charge in [-0.05, 0) is 30.7 Å². The minimum absolute atomic E-state index is 0.0485. The van der Waals surface area contributed by atoms with E-state index in [1.807, 2.05) is 25.1 Å². The second-order valence-electron chi connectivity index (χ2n) is 4.24. The summed E-state index contributed by atoms with van der Waals surface area (Å²) in [5, 5.41) is 14.3. The second-order valence-corrected chi connectivity index (χ2v) is 4.24. The van der Waals surface area contributed by atoms with Crippen molar-refractivity contribution in [2.45, 2.75) is 6.92 Å². The Morgan fingerprint density at radius 3 is 2.10 bits per heavy atom. The standard InChI is InChI=1S/C15H14N2O3/c1-10-6-2-4-8-12(10)16-15(20)17-13-9-5-3-7-11(13)14(18)19/h2-9H,1H3,(H,18,19)(H2,16,17,20). The van der Waals surface area contributed by atoms with Crippen molar-refractivity contribution >= 4 is 23.4 Å². The maximum absolute atomic E-state index is 11.9. The van der Waals surface area contributed by atoms with Crippen molar-refractivity contribution in [3.63, 3.8) is 0 Å². The van der Waals surface area contributed by atoms with Crippen LogP contribution in [0.1, 0.15) is 15.9 Å². The fourth-order valence-corrected chi connectivity index (χ4v) is 1.77. The fourth-order valence-electron chi connectivity index (χ4n) is 1.77. The number of aromatic carboxylic acids is 1. The quantitative estimate of drug-likeness (QED) is 0.800. The summed E-state index contributed by atoms with van der Waals surface area (Å²) in [6, 6.07) is 13.1. The van der Waals surface area contributed by atoms with E-state index in [2.05, 4.69) is 10.6 Å². The maximum Gasteiger partial charge on any atom is 0.337 e. The second kappa shape index (κ2) is 5.88. The first-order chi connectivity index (χ1) is 9.58. The van der Waals surface area contributed by atoms with Crippen LogP contribution in [0.5, 0.6) is 0 Å². The highest BCUT2D eigenvalue weighted by atomic mass is 16.4. The number of aryl methyl sites for hydroxylation is 1. The maximum atomic E-state index is 11.9.